The number of nitrogens with one attached hydrogen (secondary N) is 1. The minimum Gasteiger partial charge on any atom is -0.462 e. The summed E-state index contributed by atoms with van der Waals surface area (Å²) in [4.78, 5) is 23.2. The molecule has 0 bridgehead atoms. The molecule has 1 unspecified atom stereocenters. The third kappa shape index (κ3) is 10.6. The van der Waals surface area contributed by atoms with Crippen molar-refractivity contribution in [3.05, 3.63) is 42.0 Å². The van der Waals surface area contributed by atoms with Crippen molar-refractivity contribution in [2.75, 3.05) is 19.8 Å². The maximum atomic E-state index is 14.0. The highest BCUT2D eigenvalue weighted by Crippen LogP contribution is 2.35. The number of sulfonamides is 1. The molecule has 0 aromatic heterocycles. The molecule has 0 fully saturated rings. The lowest BCUT2D eigenvalue weighted by atomic mass is 10.2. The van der Waals surface area contributed by atoms with Crippen LogP contribution in [0.5, 0.6) is 5.75 Å². The van der Waals surface area contributed by atoms with Crippen molar-refractivity contribution in [1.29, 1.82) is 0 Å². The van der Waals surface area contributed by atoms with Crippen LogP contribution in [0.25, 0.3) is 0 Å². The van der Waals surface area contributed by atoms with Gasteiger partial charge in [-0.05, 0) is 44.0 Å². The largest absolute Gasteiger partial charge is 0.462 e. The van der Waals surface area contributed by atoms with E-state index in [0.29, 0.717) is 23.3 Å². The zero-order valence-electron chi connectivity index (χ0n) is 19.8. The Labute approximate surface area is 218 Å². The molecule has 19 heteroatoms. The Hall–Kier alpha value is -2.93. The lowest BCUT2D eigenvalue weighted by molar-refractivity contribution is -0.139. The van der Waals surface area contributed by atoms with Gasteiger partial charge < -0.3 is 13.7 Å². The van der Waals surface area contributed by atoms with Crippen molar-refractivity contribution in [2.24, 2.45) is 0 Å². The first kappa shape index (κ1) is 34.1. The first-order valence-electron chi connectivity index (χ1n) is 10.4. The van der Waals surface area contributed by atoms with Crippen LogP contribution in [0.2, 0.25) is 0 Å². The van der Waals surface area contributed by atoms with E-state index in [1.54, 1.807) is 0 Å². The summed E-state index contributed by atoms with van der Waals surface area (Å²) >= 11 is 0. The average molecular weight is 618 g/mol. The van der Waals surface area contributed by atoms with Gasteiger partial charge in [-0.15, -0.1) is 0 Å². The van der Waals surface area contributed by atoms with Gasteiger partial charge in [-0.3, -0.25) is 0 Å². The molecule has 222 valence electrons. The Kier molecular flexibility index (Phi) is 11.7. The molecule has 1 N–H and O–H groups in total. The Balaban J connectivity index is 2.93. The van der Waals surface area contributed by atoms with Crippen molar-refractivity contribution in [3.8, 4) is 5.75 Å². The lowest BCUT2D eigenvalue weighted by Gasteiger charge is -2.25. The summed E-state index contributed by atoms with van der Waals surface area (Å²) in [5.41, 5.74) is -0.0398. The van der Waals surface area contributed by atoms with Crippen LogP contribution < -0.4 is 8.91 Å². The van der Waals surface area contributed by atoms with Crippen molar-refractivity contribution in [1.82, 2.24) is 4.72 Å². The third-order valence-electron chi connectivity index (χ3n) is 4.28. The minimum absolute atomic E-state index is 0.0246. The van der Waals surface area contributed by atoms with Crippen molar-refractivity contribution < 1.29 is 70.8 Å². The van der Waals surface area contributed by atoms with Gasteiger partial charge in [-0.2, -0.15) is 30.4 Å². The molecule has 0 amide bonds. The van der Waals surface area contributed by atoms with E-state index in [4.69, 9.17) is 9.47 Å². The molecule has 0 spiro atoms. The number of halogens is 7. The average Bonchev–Trinajstić information content (AvgIpc) is 2.78. The number of ether oxygens (including phenoxy) is 2. The van der Waals surface area contributed by atoms with Gasteiger partial charge in [0.05, 0.1) is 18.8 Å². The summed E-state index contributed by atoms with van der Waals surface area (Å²) in [6.07, 6.45) is -9.68. The quantitative estimate of drug-likeness (QED) is 0.103. The minimum atomic E-state index is -6.30. The van der Waals surface area contributed by atoms with Crippen LogP contribution in [0.4, 0.5) is 30.7 Å². The molecule has 10 nitrogen and oxygen atoms in total. The molecule has 0 aliphatic carbocycles. The Morgan fingerprint density at radius 2 is 1.46 bits per heavy atom. The van der Waals surface area contributed by atoms with Crippen LogP contribution in [-0.4, -0.2) is 71.6 Å². The fourth-order valence-electron chi connectivity index (χ4n) is 2.48. The number of benzene rings is 1. The number of hydrogen-bond donors (Lipinski definition) is 1. The maximum Gasteiger partial charge on any atom is 0.402 e. The molecule has 0 saturated carbocycles. The summed E-state index contributed by atoms with van der Waals surface area (Å²) < 4.78 is 149. The second-order valence-corrected chi connectivity index (χ2v) is 11.4. The number of carbonyl (C=O) groups excluding carboxylic acids is 2. The molecule has 0 saturated heterocycles. The number of rotatable bonds is 15. The number of unbranched alkanes of at least 4 members (excludes halogenated alkanes) is 1. The van der Waals surface area contributed by atoms with E-state index < -0.39 is 67.5 Å². The third-order valence-corrected chi connectivity index (χ3v) is 8.43. The first-order chi connectivity index (χ1) is 17.7. The fraction of sp³-hybridized carbons (Fsp3) is 0.500. The zero-order valence-corrected chi connectivity index (χ0v) is 21.5. The van der Waals surface area contributed by atoms with Gasteiger partial charge in [0.1, 0.15) is 12.3 Å². The topological polar surface area (TPSA) is 142 Å². The highest BCUT2D eigenvalue weighted by atomic mass is 32.3. The number of carbonyl (C=O) groups is 2. The van der Waals surface area contributed by atoms with Crippen molar-refractivity contribution in [3.63, 3.8) is 0 Å². The van der Waals surface area contributed by atoms with Crippen LogP contribution in [-0.2, 0) is 34.4 Å². The molecule has 1 aromatic rings. The van der Waals surface area contributed by atoms with Gasteiger partial charge >= 0.3 is 40.6 Å². The number of esters is 2. The summed E-state index contributed by atoms with van der Waals surface area (Å²) in [6.45, 7) is 2.20. The van der Waals surface area contributed by atoms with E-state index in [0.717, 1.165) is 12.1 Å². The van der Waals surface area contributed by atoms with Crippen LogP contribution >= 0.6 is 0 Å². The SMILES string of the molecule is C=C(C)C(=O)OCCCCOC(=O)c1ccc(OS(=O)(=O)C(C(F)(F)C(F)F)S(=O)(=O)NCC(F)(F)F)cc1. The van der Waals surface area contributed by atoms with E-state index in [-0.39, 0.29) is 30.8 Å². The Morgan fingerprint density at radius 3 is 1.92 bits per heavy atom. The fourth-order valence-corrected chi connectivity index (χ4v) is 6.03. The van der Waals surface area contributed by atoms with Gasteiger partial charge in [-0.25, -0.2) is 31.5 Å². The van der Waals surface area contributed by atoms with E-state index in [2.05, 4.69) is 10.8 Å². The van der Waals surface area contributed by atoms with Crippen LogP contribution in [0.3, 0.4) is 0 Å². The Bertz CT molecular complexity index is 1230. The van der Waals surface area contributed by atoms with Gasteiger partial charge in [0.25, 0.3) is 4.58 Å². The number of alkyl halides is 7. The molecule has 0 radical (unpaired) electrons. The summed E-state index contributed by atoms with van der Waals surface area (Å²) in [5.74, 6) is -8.39. The zero-order chi connectivity index (χ0) is 30.2. The van der Waals surface area contributed by atoms with Gasteiger partial charge in [0.2, 0.25) is 10.0 Å². The lowest BCUT2D eigenvalue weighted by Crippen LogP contribution is -2.56. The van der Waals surface area contributed by atoms with Crippen molar-refractivity contribution in [2.45, 2.75) is 42.9 Å². The van der Waals surface area contributed by atoms with E-state index in [9.17, 15) is 57.2 Å². The second kappa shape index (κ2) is 13.4. The highest BCUT2D eigenvalue weighted by Gasteiger charge is 2.63. The normalized spacial score (nSPS) is 13.6. The molecule has 1 aromatic carbocycles. The molecular weight excluding hydrogens is 595 g/mol. The van der Waals surface area contributed by atoms with E-state index in [1.165, 1.54) is 6.92 Å². The van der Waals surface area contributed by atoms with Crippen LogP contribution in [0.1, 0.15) is 30.1 Å². The standard InChI is InChI=1S/C20H22F7NO9S2/c1-12(2)15(29)35-9-3-4-10-36-16(30)13-5-7-14(8-6-13)37-39(33,34)18(20(26,27)17(21)22)38(31,32)28-11-19(23,24)25/h5-8,17-18,28H,1,3-4,9-11H2,2H3. The summed E-state index contributed by atoms with van der Waals surface area (Å²) in [7, 11) is -12.6. The van der Waals surface area contributed by atoms with Gasteiger partial charge in [0, 0.05) is 5.57 Å². The molecule has 0 aliphatic heterocycles. The van der Waals surface area contributed by atoms with E-state index >= 15 is 0 Å². The summed E-state index contributed by atoms with van der Waals surface area (Å²) in [5, 5.41) is 0. The van der Waals surface area contributed by atoms with Gasteiger partial charge in [-0.1, -0.05) is 6.58 Å². The number of hydrogen-bond acceptors (Lipinski definition) is 9. The highest BCUT2D eigenvalue weighted by molar-refractivity contribution is 8.06. The molecular formula is C20H22F7NO9S2. The maximum absolute atomic E-state index is 14.0. The molecule has 0 aliphatic rings. The van der Waals surface area contributed by atoms with E-state index in [1.807, 2.05) is 0 Å². The van der Waals surface area contributed by atoms with Crippen molar-refractivity contribution >= 4 is 32.1 Å². The van der Waals surface area contributed by atoms with Crippen LogP contribution in [0, 0.1) is 0 Å². The molecule has 0 heterocycles. The smallest absolute Gasteiger partial charge is 0.402 e. The molecule has 1 rings (SSSR count). The van der Waals surface area contributed by atoms with Crippen LogP contribution in [0.15, 0.2) is 36.4 Å². The predicted octanol–water partition coefficient (Wildman–Crippen LogP) is 3.16. The summed E-state index contributed by atoms with van der Waals surface area (Å²) in [6, 6.07) is 2.99. The molecule has 39 heavy (non-hydrogen) atoms. The first-order valence-corrected chi connectivity index (χ1v) is 13.5. The Morgan fingerprint density at radius 1 is 0.949 bits per heavy atom. The second-order valence-electron chi connectivity index (χ2n) is 7.65. The monoisotopic (exact) mass is 617 g/mol. The predicted molar refractivity (Wildman–Crippen MR) is 119 cm³/mol. The van der Waals surface area contributed by atoms with Gasteiger partial charge in [0.15, 0.2) is 0 Å². The molecule has 1 atom stereocenters.